The summed E-state index contributed by atoms with van der Waals surface area (Å²) >= 11 is 13.8. The summed E-state index contributed by atoms with van der Waals surface area (Å²) in [5, 5.41) is 2.45. The molecule has 2 rings (SSSR count). The molecule has 84 valence electrons. The van der Waals surface area contributed by atoms with Crippen LogP contribution in [0.15, 0.2) is 42.5 Å². The Hall–Kier alpha value is -0.370. The van der Waals surface area contributed by atoms with Gasteiger partial charge in [-0.25, -0.2) is 0 Å². The molecule has 2 aromatic rings. The van der Waals surface area contributed by atoms with Crippen LogP contribution in [0.2, 0.25) is 0 Å². The van der Waals surface area contributed by atoms with Crippen molar-refractivity contribution in [3.05, 3.63) is 48.0 Å². The predicted molar refractivity (Wildman–Crippen MR) is 75.6 cm³/mol. The molecule has 0 aliphatic rings. The van der Waals surface area contributed by atoms with E-state index in [9.17, 15) is 0 Å². The maximum atomic E-state index is 6.18. The van der Waals surface area contributed by atoms with Crippen molar-refractivity contribution in [2.45, 2.75) is 10.1 Å². The molecule has 0 radical (unpaired) electrons. The molecule has 0 heterocycles. The molecule has 0 aliphatic carbocycles. The molecular formula is C13H12Cl2S. The quantitative estimate of drug-likeness (QED) is 0.717. The van der Waals surface area contributed by atoms with Crippen molar-refractivity contribution >= 4 is 45.7 Å². The van der Waals surface area contributed by atoms with E-state index in [2.05, 4.69) is 24.3 Å². The highest BCUT2D eigenvalue weighted by atomic mass is 35.5. The minimum atomic E-state index is -0.746. The molecule has 3 heteroatoms. The highest BCUT2D eigenvalue weighted by Gasteiger charge is 2.23. The van der Waals surface area contributed by atoms with Gasteiger partial charge in [0.2, 0.25) is 0 Å². The van der Waals surface area contributed by atoms with Gasteiger partial charge in [-0.2, -0.15) is 0 Å². The number of fused-ring (bicyclic) bond motifs is 1. The molecule has 0 N–H and O–H groups in total. The van der Waals surface area contributed by atoms with E-state index in [0.29, 0.717) is 6.42 Å². The first-order valence-corrected chi connectivity index (χ1v) is 7.00. The van der Waals surface area contributed by atoms with Crippen molar-refractivity contribution in [1.29, 1.82) is 0 Å². The van der Waals surface area contributed by atoms with Gasteiger partial charge in [-0.15, -0.1) is 11.8 Å². The third kappa shape index (κ3) is 2.65. The van der Waals surface area contributed by atoms with Crippen LogP contribution in [0.3, 0.4) is 0 Å². The fourth-order valence-electron chi connectivity index (χ4n) is 1.74. The van der Waals surface area contributed by atoms with Gasteiger partial charge < -0.3 is 0 Å². The third-order valence-corrected chi connectivity index (χ3v) is 4.51. The van der Waals surface area contributed by atoms with Crippen LogP contribution < -0.4 is 0 Å². The molecule has 2 aromatic carbocycles. The minimum Gasteiger partial charge on any atom is -0.126 e. The SMILES string of the molecule is CSC(Cl)(Cl)Cc1cccc2ccccc12. The lowest BCUT2D eigenvalue weighted by Gasteiger charge is -2.17. The van der Waals surface area contributed by atoms with Crippen LogP contribution in [0.25, 0.3) is 10.8 Å². The van der Waals surface area contributed by atoms with Crippen LogP contribution >= 0.6 is 35.0 Å². The van der Waals surface area contributed by atoms with Gasteiger partial charge in [0, 0.05) is 6.42 Å². The molecule has 0 spiro atoms. The summed E-state index contributed by atoms with van der Waals surface area (Å²) in [4.78, 5) is 0. The van der Waals surface area contributed by atoms with Gasteiger partial charge in [0.15, 0.2) is 3.67 Å². The van der Waals surface area contributed by atoms with Gasteiger partial charge >= 0.3 is 0 Å². The number of benzene rings is 2. The lowest BCUT2D eigenvalue weighted by Crippen LogP contribution is -2.10. The predicted octanol–water partition coefficient (Wildman–Crippen LogP) is 4.88. The van der Waals surface area contributed by atoms with E-state index in [1.807, 2.05) is 24.5 Å². The monoisotopic (exact) mass is 270 g/mol. The number of thioether (sulfide) groups is 1. The van der Waals surface area contributed by atoms with Crippen LogP contribution in [0, 0.1) is 0 Å². The molecule has 0 nitrogen and oxygen atoms in total. The van der Waals surface area contributed by atoms with Crippen LogP contribution in [-0.4, -0.2) is 9.92 Å². The van der Waals surface area contributed by atoms with Gasteiger partial charge in [-0.3, -0.25) is 0 Å². The molecule has 16 heavy (non-hydrogen) atoms. The molecule has 0 aliphatic heterocycles. The number of rotatable bonds is 3. The molecule has 0 atom stereocenters. The molecule has 0 aromatic heterocycles. The zero-order chi connectivity index (χ0) is 11.6. The largest absolute Gasteiger partial charge is 0.167 e. The van der Waals surface area contributed by atoms with Crippen molar-refractivity contribution in [1.82, 2.24) is 0 Å². The van der Waals surface area contributed by atoms with Crippen LogP contribution in [0.5, 0.6) is 0 Å². The molecule has 0 fully saturated rings. The van der Waals surface area contributed by atoms with E-state index < -0.39 is 3.67 Å². The Morgan fingerprint density at radius 3 is 2.50 bits per heavy atom. The van der Waals surface area contributed by atoms with Crippen molar-refractivity contribution in [3.8, 4) is 0 Å². The fraction of sp³-hybridized carbons (Fsp3) is 0.231. The second-order valence-electron chi connectivity index (χ2n) is 3.66. The van der Waals surface area contributed by atoms with Gasteiger partial charge in [-0.1, -0.05) is 65.7 Å². The summed E-state index contributed by atoms with van der Waals surface area (Å²) in [5.74, 6) is 0. The smallest absolute Gasteiger partial charge is 0.126 e. The molecule has 0 saturated heterocycles. The maximum Gasteiger partial charge on any atom is 0.167 e. The average Bonchev–Trinajstić information content (AvgIpc) is 2.29. The Labute approximate surface area is 110 Å². The average molecular weight is 271 g/mol. The van der Waals surface area contributed by atoms with Crippen molar-refractivity contribution < 1.29 is 0 Å². The first kappa shape index (κ1) is 12.1. The topological polar surface area (TPSA) is 0 Å². The second-order valence-corrected chi connectivity index (χ2v) is 6.69. The molecule has 0 saturated carbocycles. The van der Waals surface area contributed by atoms with E-state index >= 15 is 0 Å². The molecule has 0 unspecified atom stereocenters. The summed E-state index contributed by atoms with van der Waals surface area (Å²) in [6.07, 6.45) is 2.57. The normalized spacial score (nSPS) is 11.9. The molecular weight excluding hydrogens is 259 g/mol. The highest BCUT2D eigenvalue weighted by Crippen LogP contribution is 2.37. The number of alkyl halides is 2. The summed E-state index contributed by atoms with van der Waals surface area (Å²) in [5.41, 5.74) is 1.19. The zero-order valence-corrected chi connectivity index (χ0v) is 11.2. The standard InChI is InChI=1S/C13H12Cl2S/c1-16-13(14,15)9-11-7-4-6-10-5-2-3-8-12(10)11/h2-8H,9H2,1H3. The van der Waals surface area contributed by atoms with Crippen molar-refractivity contribution in [2.75, 3.05) is 6.26 Å². The highest BCUT2D eigenvalue weighted by molar-refractivity contribution is 8.02. The summed E-state index contributed by atoms with van der Waals surface area (Å²) < 4.78 is -0.746. The van der Waals surface area contributed by atoms with Gasteiger partial charge in [0.05, 0.1) is 0 Å². The van der Waals surface area contributed by atoms with Gasteiger partial charge in [0.25, 0.3) is 0 Å². The van der Waals surface area contributed by atoms with E-state index in [1.54, 1.807) is 0 Å². The number of halogens is 2. The summed E-state index contributed by atoms with van der Waals surface area (Å²) in [6, 6.07) is 14.5. The Bertz CT molecular complexity index is 489. The number of hydrogen-bond acceptors (Lipinski definition) is 1. The van der Waals surface area contributed by atoms with Gasteiger partial charge in [0.1, 0.15) is 0 Å². The lowest BCUT2D eigenvalue weighted by atomic mass is 10.0. The first-order valence-electron chi connectivity index (χ1n) is 5.02. The Morgan fingerprint density at radius 2 is 1.75 bits per heavy atom. The van der Waals surface area contributed by atoms with Crippen LogP contribution in [0.1, 0.15) is 5.56 Å². The van der Waals surface area contributed by atoms with Crippen molar-refractivity contribution in [2.24, 2.45) is 0 Å². The zero-order valence-electron chi connectivity index (χ0n) is 8.91. The van der Waals surface area contributed by atoms with Crippen molar-refractivity contribution in [3.63, 3.8) is 0 Å². The summed E-state index contributed by atoms with van der Waals surface area (Å²) in [6.45, 7) is 0. The van der Waals surface area contributed by atoms with E-state index in [-0.39, 0.29) is 0 Å². The Kier molecular flexibility index (Phi) is 3.68. The third-order valence-electron chi connectivity index (χ3n) is 2.57. The second kappa shape index (κ2) is 4.87. The van der Waals surface area contributed by atoms with Gasteiger partial charge in [-0.05, 0) is 22.6 Å². The molecule has 0 amide bonds. The maximum absolute atomic E-state index is 6.18. The van der Waals surface area contributed by atoms with E-state index in [0.717, 1.165) is 0 Å². The number of hydrogen-bond donors (Lipinski definition) is 0. The van der Waals surface area contributed by atoms with E-state index in [4.69, 9.17) is 23.2 Å². The van der Waals surface area contributed by atoms with E-state index in [1.165, 1.54) is 28.1 Å². The lowest BCUT2D eigenvalue weighted by molar-refractivity contribution is 1.05. The first-order chi connectivity index (χ1) is 7.62. The fourth-order valence-corrected chi connectivity index (χ4v) is 2.33. The minimum absolute atomic E-state index is 0.651. The Morgan fingerprint density at radius 1 is 1.06 bits per heavy atom. The molecule has 0 bridgehead atoms. The Balaban J connectivity index is 2.45. The van der Waals surface area contributed by atoms with Crippen LogP contribution in [-0.2, 0) is 6.42 Å². The van der Waals surface area contributed by atoms with Crippen LogP contribution in [0.4, 0.5) is 0 Å². The summed E-state index contributed by atoms with van der Waals surface area (Å²) in [7, 11) is 0.